The molecule has 1 N–H and O–H groups in total. The van der Waals surface area contributed by atoms with Crippen LogP contribution in [0.5, 0.6) is 0 Å². The second-order valence-electron chi connectivity index (χ2n) is 3.44. The van der Waals surface area contributed by atoms with Crippen molar-refractivity contribution in [2.75, 3.05) is 0 Å². The van der Waals surface area contributed by atoms with Gasteiger partial charge in [-0.05, 0) is 47.7 Å². The summed E-state index contributed by atoms with van der Waals surface area (Å²) in [4.78, 5) is 10.9. The maximum absolute atomic E-state index is 13.1. The maximum atomic E-state index is 13.1. The van der Waals surface area contributed by atoms with Gasteiger partial charge in [-0.3, -0.25) is 0 Å². The van der Waals surface area contributed by atoms with E-state index in [4.69, 9.17) is 5.11 Å². The zero-order valence-corrected chi connectivity index (χ0v) is 11.0. The van der Waals surface area contributed by atoms with E-state index in [1.807, 2.05) is 22.6 Å². The molecule has 0 radical (unpaired) electrons. The summed E-state index contributed by atoms with van der Waals surface area (Å²) in [6.45, 7) is 1.74. The lowest BCUT2D eigenvalue weighted by molar-refractivity contribution is 0.0689. The second kappa shape index (κ2) is 4.44. The van der Waals surface area contributed by atoms with Crippen molar-refractivity contribution in [1.29, 1.82) is 0 Å². The number of nitrogens with zero attached hydrogens (tertiary/aromatic N) is 2. The molecule has 1 heterocycles. The molecule has 0 aliphatic heterocycles. The number of aromatic carboxylic acids is 1. The first-order valence-electron chi connectivity index (χ1n) is 4.75. The number of hydrogen-bond acceptors (Lipinski definition) is 2. The SMILES string of the molecule is Cc1c(I)c(C(=O)O)nn1-c1cccc(F)c1. The van der Waals surface area contributed by atoms with E-state index in [1.54, 1.807) is 19.1 Å². The van der Waals surface area contributed by atoms with Crippen LogP contribution >= 0.6 is 22.6 Å². The Morgan fingerprint density at radius 1 is 1.53 bits per heavy atom. The Morgan fingerprint density at radius 3 is 2.76 bits per heavy atom. The molecule has 0 saturated heterocycles. The zero-order valence-electron chi connectivity index (χ0n) is 8.82. The summed E-state index contributed by atoms with van der Waals surface area (Å²) in [7, 11) is 0. The predicted octanol–water partition coefficient (Wildman–Crippen LogP) is 2.62. The minimum Gasteiger partial charge on any atom is -0.476 e. The van der Waals surface area contributed by atoms with Gasteiger partial charge in [0, 0.05) is 0 Å². The first-order chi connectivity index (χ1) is 8.00. The van der Waals surface area contributed by atoms with Crippen molar-refractivity contribution in [1.82, 2.24) is 9.78 Å². The van der Waals surface area contributed by atoms with Crippen LogP contribution in [-0.4, -0.2) is 20.9 Å². The molecule has 17 heavy (non-hydrogen) atoms. The van der Waals surface area contributed by atoms with Gasteiger partial charge in [-0.25, -0.2) is 13.9 Å². The summed E-state index contributed by atoms with van der Waals surface area (Å²) in [6, 6.07) is 5.86. The zero-order chi connectivity index (χ0) is 12.6. The largest absolute Gasteiger partial charge is 0.476 e. The van der Waals surface area contributed by atoms with Gasteiger partial charge in [0.2, 0.25) is 0 Å². The highest BCUT2D eigenvalue weighted by Gasteiger charge is 2.18. The van der Waals surface area contributed by atoms with Gasteiger partial charge in [0.25, 0.3) is 0 Å². The molecule has 0 saturated carbocycles. The number of carboxylic acid groups (broad SMARTS) is 1. The van der Waals surface area contributed by atoms with E-state index in [0.29, 0.717) is 15.0 Å². The monoisotopic (exact) mass is 346 g/mol. The van der Waals surface area contributed by atoms with E-state index >= 15 is 0 Å². The first-order valence-corrected chi connectivity index (χ1v) is 5.83. The highest BCUT2D eigenvalue weighted by atomic mass is 127. The molecular formula is C11H8FIN2O2. The van der Waals surface area contributed by atoms with E-state index in [0.717, 1.165) is 0 Å². The Kier molecular flexibility index (Phi) is 3.14. The van der Waals surface area contributed by atoms with Crippen LogP contribution in [0.25, 0.3) is 5.69 Å². The van der Waals surface area contributed by atoms with Crippen molar-refractivity contribution >= 4 is 28.6 Å². The standard InChI is InChI=1S/C11H8FIN2O2/c1-6-9(13)10(11(16)17)14-15(6)8-4-2-3-7(12)5-8/h2-5H,1H3,(H,16,17). The smallest absolute Gasteiger partial charge is 0.357 e. The van der Waals surface area contributed by atoms with Crippen molar-refractivity contribution in [3.05, 3.63) is 45.0 Å². The minimum atomic E-state index is -1.09. The molecule has 0 fully saturated rings. The Hall–Kier alpha value is -1.44. The highest BCUT2D eigenvalue weighted by Crippen LogP contribution is 2.20. The van der Waals surface area contributed by atoms with Gasteiger partial charge in [0.1, 0.15) is 5.82 Å². The van der Waals surface area contributed by atoms with Crippen LogP contribution in [0, 0.1) is 16.3 Å². The summed E-state index contributed by atoms with van der Waals surface area (Å²) >= 11 is 1.92. The van der Waals surface area contributed by atoms with E-state index < -0.39 is 5.97 Å². The molecule has 0 unspecified atom stereocenters. The molecule has 0 bridgehead atoms. The molecular weight excluding hydrogens is 338 g/mol. The van der Waals surface area contributed by atoms with Gasteiger partial charge in [0.15, 0.2) is 5.69 Å². The highest BCUT2D eigenvalue weighted by molar-refractivity contribution is 14.1. The van der Waals surface area contributed by atoms with Crippen LogP contribution in [0.4, 0.5) is 4.39 Å². The predicted molar refractivity (Wildman–Crippen MR) is 67.9 cm³/mol. The van der Waals surface area contributed by atoms with Crippen molar-refractivity contribution in [2.24, 2.45) is 0 Å². The number of carbonyl (C=O) groups is 1. The lowest BCUT2D eigenvalue weighted by Crippen LogP contribution is -2.02. The fourth-order valence-corrected chi connectivity index (χ4v) is 2.05. The van der Waals surface area contributed by atoms with Crippen LogP contribution in [0.15, 0.2) is 24.3 Å². The molecule has 0 amide bonds. The minimum absolute atomic E-state index is 0.0210. The number of rotatable bonds is 2. The lowest BCUT2D eigenvalue weighted by Gasteiger charge is -2.03. The molecule has 0 aliphatic rings. The van der Waals surface area contributed by atoms with Crippen LogP contribution < -0.4 is 0 Å². The Bertz CT molecular complexity index is 595. The molecule has 2 aromatic rings. The first kappa shape index (κ1) is 12.0. The molecule has 0 spiro atoms. The van der Waals surface area contributed by atoms with Crippen LogP contribution in [0.1, 0.15) is 16.2 Å². The normalized spacial score (nSPS) is 10.5. The van der Waals surface area contributed by atoms with Crippen LogP contribution in [0.3, 0.4) is 0 Å². The van der Waals surface area contributed by atoms with Crippen molar-refractivity contribution in [3.63, 3.8) is 0 Å². The number of aromatic nitrogens is 2. The van der Waals surface area contributed by atoms with Gasteiger partial charge in [0.05, 0.1) is 15.0 Å². The van der Waals surface area contributed by atoms with Gasteiger partial charge in [-0.1, -0.05) is 6.07 Å². The maximum Gasteiger partial charge on any atom is 0.357 e. The average Bonchev–Trinajstić information content (AvgIpc) is 2.56. The molecule has 6 heteroatoms. The van der Waals surface area contributed by atoms with Crippen LogP contribution in [-0.2, 0) is 0 Å². The Labute approximate surface area is 110 Å². The molecule has 88 valence electrons. The van der Waals surface area contributed by atoms with Crippen LogP contribution in [0.2, 0.25) is 0 Å². The Balaban J connectivity index is 2.61. The number of carboxylic acids is 1. The van der Waals surface area contributed by atoms with E-state index in [1.165, 1.54) is 16.8 Å². The fraction of sp³-hybridized carbons (Fsp3) is 0.0909. The van der Waals surface area contributed by atoms with E-state index in [9.17, 15) is 9.18 Å². The average molecular weight is 346 g/mol. The summed E-state index contributed by atoms with van der Waals surface area (Å²) in [5, 5.41) is 12.9. The summed E-state index contributed by atoms with van der Waals surface area (Å²) in [5.74, 6) is -1.48. The van der Waals surface area contributed by atoms with Gasteiger partial charge >= 0.3 is 5.97 Å². The fourth-order valence-electron chi connectivity index (χ4n) is 1.48. The molecule has 2 rings (SSSR count). The van der Waals surface area contributed by atoms with Gasteiger partial charge in [-0.2, -0.15) is 5.10 Å². The third kappa shape index (κ3) is 2.17. The van der Waals surface area contributed by atoms with Crippen molar-refractivity contribution in [2.45, 2.75) is 6.92 Å². The Morgan fingerprint density at radius 2 is 2.24 bits per heavy atom. The van der Waals surface area contributed by atoms with Gasteiger partial charge in [-0.15, -0.1) is 0 Å². The van der Waals surface area contributed by atoms with Crippen molar-refractivity contribution in [3.8, 4) is 5.69 Å². The van der Waals surface area contributed by atoms with E-state index in [2.05, 4.69) is 5.10 Å². The second-order valence-corrected chi connectivity index (χ2v) is 4.52. The topological polar surface area (TPSA) is 55.1 Å². The molecule has 1 aromatic carbocycles. The number of benzene rings is 1. The molecule has 0 aliphatic carbocycles. The quantitative estimate of drug-likeness (QED) is 0.851. The number of halogens is 2. The summed E-state index contributed by atoms with van der Waals surface area (Å²) in [6.07, 6.45) is 0. The molecule has 0 atom stereocenters. The third-order valence-electron chi connectivity index (χ3n) is 2.30. The van der Waals surface area contributed by atoms with Crippen molar-refractivity contribution < 1.29 is 14.3 Å². The molecule has 4 nitrogen and oxygen atoms in total. The van der Waals surface area contributed by atoms with E-state index in [-0.39, 0.29) is 11.5 Å². The van der Waals surface area contributed by atoms with Gasteiger partial charge < -0.3 is 5.11 Å². The third-order valence-corrected chi connectivity index (χ3v) is 3.59. The summed E-state index contributed by atoms with van der Waals surface area (Å²) in [5.41, 5.74) is 1.16. The summed E-state index contributed by atoms with van der Waals surface area (Å²) < 4.78 is 15.1. The lowest BCUT2D eigenvalue weighted by atomic mass is 10.3. The number of hydrogen-bond donors (Lipinski definition) is 1. The molecule has 1 aromatic heterocycles.